The van der Waals surface area contributed by atoms with Gasteiger partial charge in [0, 0.05) is 50.0 Å². The van der Waals surface area contributed by atoms with Crippen molar-refractivity contribution >= 4 is 12.4 Å². The molecule has 1 N–H and O–H groups in total. The predicted octanol–water partition coefficient (Wildman–Crippen LogP) is 2.87. The Morgan fingerprint density at radius 3 is 2.96 bits per heavy atom. The molecule has 2 heterocycles. The highest BCUT2D eigenvalue weighted by Crippen LogP contribution is 2.31. The van der Waals surface area contributed by atoms with Crippen LogP contribution in [0.5, 0.6) is 5.75 Å². The monoisotopic (exact) mass is 350 g/mol. The van der Waals surface area contributed by atoms with E-state index in [0.717, 1.165) is 44.9 Å². The van der Waals surface area contributed by atoms with Gasteiger partial charge in [-0.15, -0.1) is 12.4 Å². The molecule has 0 spiro atoms. The average molecular weight is 351 g/mol. The number of aromatic nitrogens is 2. The molecule has 2 aromatic rings. The third-order valence-electron chi connectivity index (χ3n) is 4.38. The van der Waals surface area contributed by atoms with Crippen molar-refractivity contribution in [3.63, 3.8) is 0 Å². The van der Waals surface area contributed by atoms with Gasteiger partial charge < -0.3 is 10.1 Å². The molecule has 6 heteroatoms. The second-order valence-electron chi connectivity index (χ2n) is 6.04. The van der Waals surface area contributed by atoms with Crippen LogP contribution in [-0.4, -0.2) is 41.4 Å². The van der Waals surface area contributed by atoms with Crippen molar-refractivity contribution in [2.24, 2.45) is 0 Å². The Morgan fingerprint density at radius 2 is 2.17 bits per heavy atom. The van der Waals surface area contributed by atoms with Crippen LogP contribution in [0.2, 0.25) is 0 Å². The van der Waals surface area contributed by atoms with Crippen LogP contribution in [0.15, 0.2) is 36.7 Å². The molecular weight excluding hydrogens is 324 g/mol. The number of rotatable bonds is 6. The Hall–Kier alpha value is -1.56. The van der Waals surface area contributed by atoms with E-state index in [-0.39, 0.29) is 12.4 Å². The Labute approximate surface area is 150 Å². The van der Waals surface area contributed by atoms with E-state index in [4.69, 9.17) is 4.74 Å². The van der Waals surface area contributed by atoms with Crippen LogP contribution < -0.4 is 10.1 Å². The molecule has 24 heavy (non-hydrogen) atoms. The zero-order valence-corrected chi connectivity index (χ0v) is 15.3. The van der Waals surface area contributed by atoms with Crippen LogP contribution in [0, 0.1) is 0 Å². The third-order valence-corrected chi connectivity index (χ3v) is 4.38. The van der Waals surface area contributed by atoms with Gasteiger partial charge in [0.25, 0.3) is 0 Å². The average Bonchev–Trinajstić information content (AvgIpc) is 3.03. The maximum atomic E-state index is 5.56. The molecule has 0 amide bonds. The SMILES string of the molecule is CCCn1cc(CN2CCNCC2c2ccccc2OC)cn1.Cl. The molecule has 0 radical (unpaired) electrons. The number of nitrogens with one attached hydrogen (secondary N) is 1. The summed E-state index contributed by atoms with van der Waals surface area (Å²) in [4.78, 5) is 2.52. The summed E-state index contributed by atoms with van der Waals surface area (Å²) >= 11 is 0. The largest absolute Gasteiger partial charge is 0.496 e. The molecule has 132 valence electrons. The molecule has 3 rings (SSSR count). The zero-order valence-electron chi connectivity index (χ0n) is 14.4. The van der Waals surface area contributed by atoms with Gasteiger partial charge in [-0.05, 0) is 12.5 Å². The number of halogens is 1. The van der Waals surface area contributed by atoms with E-state index in [2.05, 4.69) is 40.6 Å². The Bertz CT molecular complexity index is 631. The second-order valence-corrected chi connectivity index (χ2v) is 6.04. The minimum atomic E-state index is 0. The number of methoxy groups -OCH3 is 1. The summed E-state index contributed by atoms with van der Waals surface area (Å²) < 4.78 is 7.60. The van der Waals surface area contributed by atoms with Crippen molar-refractivity contribution in [3.05, 3.63) is 47.8 Å². The van der Waals surface area contributed by atoms with Crippen molar-refractivity contribution in [1.29, 1.82) is 0 Å². The number of piperazine rings is 1. The van der Waals surface area contributed by atoms with Gasteiger partial charge in [-0.2, -0.15) is 5.10 Å². The fraction of sp³-hybridized carbons (Fsp3) is 0.500. The summed E-state index contributed by atoms with van der Waals surface area (Å²) in [7, 11) is 1.74. The number of para-hydroxylation sites is 1. The van der Waals surface area contributed by atoms with Crippen LogP contribution >= 0.6 is 12.4 Å². The summed E-state index contributed by atoms with van der Waals surface area (Å²) in [5, 5.41) is 7.96. The van der Waals surface area contributed by atoms with Crippen molar-refractivity contribution in [2.75, 3.05) is 26.7 Å². The van der Waals surface area contributed by atoms with Gasteiger partial charge in [0.2, 0.25) is 0 Å². The Morgan fingerprint density at radius 1 is 1.33 bits per heavy atom. The molecule has 1 aromatic carbocycles. The van der Waals surface area contributed by atoms with Crippen molar-refractivity contribution < 1.29 is 4.74 Å². The Balaban J connectivity index is 0.00000208. The quantitative estimate of drug-likeness (QED) is 0.870. The normalized spacial score (nSPS) is 18.2. The van der Waals surface area contributed by atoms with Gasteiger partial charge >= 0.3 is 0 Å². The number of aryl methyl sites for hydroxylation is 1. The molecule has 0 bridgehead atoms. The first kappa shape index (κ1) is 18.8. The van der Waals surface area contributed by atoms with Crippen LogP contribution in [0.25, 0.3) is 0 Å². The lowest BCUT2D eigenvalue weighted by Crippen LogP contribution is -2.45. The van der Waals surface area contributed by atoms with E-state index in [9.17, 15) is 0 Å². The zero-order chi connectivity index (χ0) is 16.1. The second kappa shape index (κ2) is 9.06. The highest BCUT2D eigenvalue weighted by atomic mass is 35.5. The van der Waals surface area contributed by atoms with Crippen molar-refractivity contribution in [3.8, 4) is 5.75 Å². The summed E-state index contributed by atoms with van der Waals surface area (Å²) in [5.41, 5.74) is 2.53. The van der Waals surface area contributed by atoms with E-state index >= 15 is 0 Å². The topological polar surface area (TPSA) is 42.3 Å². The number of benzene rings is 1. The Kier molecular flexibility index (Phi) is 7.09. The number of hydrogen-bond donors (Lipinski definition) is 1. The third kappa shape index (κ3) is 4.29. The lowest BCUT2D eigenvalue weighted by atomic mass is 10.0. The molecule has 1 atom stereocenters. The van der Waals surface area contributed by atoms with Gasteiger partial charge in [-0.1, -0.05) is 25.1 Å². The summed E-state index contributed by atoms with van der Waals surface area (Å²) in [5.74, 6) is 0.966. The van der Waals surface area contributed by atoms with Crippen LogP contribution in [0.1, 0.15) is 30.5 Å². The highest BCUT2D eigenvalue weighted by Gasteiger charge is 2.26. The molecular formula is C18H27ClN4O. The molecule has 1 unspecified atom stereocenters. The van der Waals surface area contributed by atoms with Crippen LogP contribution in [0.3, 0.4) is 0 Å². The van der Waals surface area contributed by atoms with Gasteiger partial charge in [-0.25, -0.2) is 0 Å². The molecule has 1 saturated heterocycles. The van der Waals surface area contributed by atoms with E-state index in [1.54, 1.807) is 7.11 Å². The van der Waals surface area contributed by atoms with Crippen molar-refractivity contribution in [1.82, 2.24) is 20.0 Å². The summed E-state index contributed by atoms with van der Waals surface area (Å²) in [6, 6.07) is 8.65. The summed E-state index contributed by atoms with van der Waals surface area (Å²) in [6.07, 6.45) is 5.28. The lowest BCUT2D eigenvalue weighted by molar-refractivity contribution is 0.151. The molecule has 0 aliphatic carbocycles. The molecule has 0 saturated carbocycles. The van der Waals surface area contributed by atoms with E-state index < -0.39 is 0 Å². The molecule has 5 nitrogen and oxygen atoms in total. The predicted molar refractivity (Wildman–Crippen MR) is 98.8 cm³/mol. The van der Waals surface area contributed by atoms with Gasteiger partial charge in [0.05, 0.1) is 19.3 Å². The van der Waals surface area contributed by atoms with Crippen LogP contribution in [0.4, 0.5) is 0 Å². The van der Waals surface area contributed by atoms with Gasteiger partial charge in [-0.3, -0.25) is 9.58 Å². The molecule has 1 aromatic heterocycles. The first-order chi connectivity index (χ1) is 11.3. The summed E-state index contributed by atoms with van der Waals surface area (Å²) in [6.45, 7) is 7.08. The first-order valence-corrected chi connectivity index (χ1v) is 8.41. The van der Waals surface area contributed by atoms with Crippen molar-refractivity contribution in [2.45, 2.75) is 32.5 Å². The lowest BCUT2D eigenvalue weighted by Gasteiger charge is -2.36. The smallest absolute Gasteiger partial charge is 0.123 e. The first-order valence-electron chi connectivity index (χ1n) is 8.41. The number of hydrogen-bond acceptors (Lipinski definition) is 4. The minimum Gasteiger partial charge on any atom is -0.496 e. The van der Waals surface area contributed by atoms with Crippen LogP contribution in [-0.2, 0) is 13.1 Å². The molecule has 1 aliphatic heterocycles. The maximum Gasteiger partial charge on any atom is 0.123 e. The fourth-order valence-corrected chi connectivity index (χ4v) is 3.26. The minimum absolute atomic E-state index is 0. The highest BCUT2D eigenvalue weighted by molar-refractivity contribution is 5.85. The molecule has 1 aliphatic rings. The van der Waals surface area contributed by atoms with E-state index in [1.807, 2.05) is 23.0 Å². The van der Waals surface area contributed by atoms with E-state index in [0.29, 0.717) is 6.04 Å². The molecule has 1 fully saturated rings. The number of nitrogens with zero attached hydrogens (tertiary/aromatic N) is 3. The number of ether oxygens (including phenoxy) is 1. The standard InChI is InChI=1S/C18H26N4O.ClH/c1-3-9-22-14-15(11-20-22)13-21-10-8-19-12-17(21)16-6-4-5-7-18(16)23-2;/h4-7,11,14,17,19H,3,8-10,12-13H2,1-2H3;1H. The van der Waals surface area contributed by atoms with Gasteiger partial charge in [0.1, 0.15) is 5.75 Å². The van der Waals surface area contributed by atoms with Gasteiger partial charge in [0.15, 0.2) is 0 Å². The fourth-order valence-electron chi connectivity index (χ4n) is 3.26. The van der Waals surface area contributed by atoms with E-state index in [1.165, 1.54) is 11.1 Å². The maximum absolute atomic E-state index is 5.56.